The molecule has 0 bridgehead atoms. The van der Waals surface area contributed by atoms with E-state index in [1.165, 1.54) is 13.0 Å². The first-order valence-electron chi connectivity index (χ1n) is 8.68. The summed E-state index contributed by atoms with van der Waals surface area (Å²) >= 11 is 0. The number of rotatable bonds is 10. The van der Waals surface area contributed by atoms with Crippen molar-refractivity contribution in [1.82, 2.24) is 0 Å². The van der Waals surface area contributed by atoms with Crippen LogP contribution in [0.5, 0.6) is 5.75 Å². The molecule has 36 heavy (non-hydrogen) atoms. The fourth-order valence-corrected chi connectivity index (χ4v) is 2.40. The standard InChI is InChI=1S/C17H11F16NO2/c1-6-3-4-8(36-2)7(5-6)34-10(35)12(22,23)14(26,27)16(30,31)17(32,33)15(28,29)13(24,25)11(20,21)9(18)19/h3-5,9H,1-2H3,(H,34,35). The molecule has 0 saturated heterocycles. The predicted octanol–water partition coefficient (Wildman–Crippen LogP) is 6.65. The molecule has 0 unspecified atom stereocenters. The van der Waals surface area contributed by atoms with Crippen molar-refractivity contribution in [2.45, 2.75) is 54.8 Å². The summed E-state index contributed by atoms with van der Waals surface area (Å²) in [5, 5.41) is 0.853. The van der Waals surface area contributed by atoms with Gasteiger partial charge in [-0.15, -0.1) is 0 Å². The largest absolute Gasteiger partial charge is 0.495 e. The first kappa shape index (κ1) is 31.4. The molecule has 0 aliphatic heterocycles. The van der Waals surface area contributed by atoms with Crippen molar-refractivity contribution in [1.29, 1.82) is 0 Å². The summed E-state index contributed by atoms with van der Waals surface area (Å²) in [5.74, 6) is -60.6. The Morgan fingerprint density at radius 1 is 0.750 bits per heavy atom. The SMILES string of the molecule is COc1ccc(C)cc1NC(=O)C(F)(F)C(F)(F)C(F)(F)C(F)(F)C(F)(F)C(F)(F)C(F)(F)C(F)F. The van der Waals surface area contributed by atoms with Crippen molar-refractivity contribution in [2.75, 3.05) is 12.4 Å². The van der Waals surface area contributed by atoms with Crippen LogP contribution in [0.15, 0.2) is 18.2 Å². The zero-order valence-corrected chi connectivity index (χ0v) is 17.2. The van der Waals surface area contributed by atoms with Crippen molar-refractivity contribution in [3.8, 4) is 5.75 Å². The molecule has 208 valence electrons. The van der Waals surface area contributed by atoms with Crippen molar-refractivity contribution >= 4 is 11.6 Å². The van der Waals surface area contributed by atoms with Gasteiger partial charge in [0.2, 0.25) is 0 Å². The van der Waals surface area contributed by atoms with Crippen LogP contribution < -0.4 is 10.1 Å². The van der Waals surface area contributed by atoms with Gasteiger partial charge < -0.3 is 10.1 Å². The van der Waals surface area contributed by atoms with E-state index < -0.39 is 65.2 Å². The Hall–Kier alpha value is -2.63. The minimum atomic E-state index is -8.57. The molecule has 1 rings (SSSR count). The van der Waals surface area contributed by atoms with Gasteiger partial charge in [0.25, 0.3) is 0 Å². The van der Waals surface area contributed by atoms with E-state index in [-0.39, 0.29) is 5.56 Å². The van der Waals surface area contributed by atoms with E-state index in [9.17, 15) is 75.0 Å². The Labute approximate surface area is 189 Å². The maximum absolute atomic E-state index is 14.0. The van der Waals surface area contributed by atoms with E-state index in [0.717, 1.165) is 18.5 Å². The number of anilines is 1. The number of hydrogen-bond acceptors (Lipinski definition) is 2. The lowest BCUT2D eigenvalue weighted by atomic mass is 9.89. The molecular formula is C17H11F16NO2. The van der Waals surface area contributed by atoms with Gasteiger partial charge in [-0.3, -0.25) is 4.79 Å². The minimum Gasteiger partial charge on any atom is -0.495 e. The molecule has 1 amide bonds. The topological polar surface area (TPSA) is 38.3 Å². The maximum Gasteiger partial charge on any atom is 0.393 e. The van der Waals surface area contributed by atoms with Crippen molar-refractivity contribution in [2.24, 2.45) is 0 Å². The van der Waals surface area contributed by atoms with Crippen LogP contribution in [0.4, 0.5) is 75.9 Å². The molecule has 0 aliphatic carbocycles. The number of nitrogens with one attached hydrogen (secondary N) is 1. The third kappa shape index (κ3) is 4.26. The third-order valence-corrected chi connectivity index (χ3v) is 4.55. The van der Waals surface area contributed by atoms with Crippen LogP contribution in [-0.4, -0.2) is 60.9 Å². The summed E-state index contributed by atoms with van der Waals surface area (Å²) in [7, 11) is 0.819. The predicted molar refractivity (Wildman–Crippen MR) is 87.0 cm³/mol. The van der Waals surface area contributed by atoms with Crippen LogP contribution >= 0.6 is 0 Å². The molecule has 0 spiro atoms. The van der Waals surface area contributed by atoms with Crippen LogP contribution in [0.3, 0.4) is 0 Å². The lowest BCUT2D eigenvalue weighted by molar-refractivity contribution is -0.443. The summed E-state index contributed by atoms with van der Waals surface area (Å²) in [6, 6.07) is 2.77. The van der Waals surface area contributed by atoms with Gasteiger partial charge in [0.15, 0.2) is 0 Å². The molecule has 0 aromatic heterocycles. The Morgan fingerprint density at radius 2 is 1.17 bits per heavy atom. The fraction of sp³-hybridized carbons (Fsp3) is 0.588. The molecule has 1 aromatic rings. The van der Waals surface area contributed by atoms with E-state index >= 15 is 0 Å². The normalized spacial score (nSPS) is 14.8. The van der Waals surface area contributed by atoms with Gasteiger partial charge in [-0.05, 0) is 24.6 Å². The van der Waals surface area contributed by atoms with E-state index in [1.54, 1.807) is 0 Å². The molecule has 19 heteroatoms. The molecule has 0 aliphatic rings. The number of aryl methyl sites for hydroxylation is 1. The summed E-state index contributed by atoms with van der Waals surface area (Å²) in [6.45, 7) is 1.20. The van der Waals surface area contributed by atoms with Gasteiger partial charge in [0, 0.05) is 0 Å². The van der Waals surface area contributed by atoms with Crippen molar-refractivity contribution in [3.05, 3.63) is 23.8 Å². The molecule has 0 fully saturated rings. The average Bonchev–Trinajstić information content (AvgIpc) is 2.72. The van der Waals surface area contributed by atoms with Crippen LogP contribution in [0.1, 0.15) is 5.56 Å². The number of methoxy groups -OCH3 is 1. The highest BCUT2D eigenvalue weighted by atomic mass is 19.4. The highest BCUT2D eigenvalue weighted by molar-refractivity contribution is 5.98. The zero-order valence-electron chi connectivity index (χ0n) is 17.2. The first-order valence-corrected chi connectivity index (χ1v) is 8.68. The smallest absolute Gasteiger partial charge is 0.393 e. The Kier molecular flexibility index (Phi) is 7.88. The van der Waals surface area contributed by atoms with Crippen LogP contribution in [0, 0.1) is 6.92 Å². The monoisotopic (exact) mass is 565 g/mol. The van der Waals surface area contributed by atoms with Crippen LogP contribution in [0.25, 0.3) is 0 Å². The Balaban J connectivity index is 3.59. The van der Waals surface area contributed by atoms with E-state index in [0.29, 0.717) is 6.07 Å². The summed E-state index contributed by atoms with van der Waals surface area (Å²) in [6.07, 6.45) is -5.93. The Morgan fingerprint density at radius 3 is 1.58 bits per heavy atom. The van der Waals surface area contributed by atoms with Crippen molar-refractivity contribution in [3.63, 3.8) is 0 Å². The number of amides is 1. The van der Waals surface area contributed by atoms with Gasteiger partial charge in [0.1, 0.15) is 5.75 Å². The highest BCUT2D eigenvalue weighted by Gasteiger charge is 2.94. The van der Waals surface area contributed by atoms with E-state index in [4.69, 9.17) is 0 Å². The molecule has 0 radical (unpaired) electrons. The molecule has 0 heterocycles. The maximum atomic E-state index is 14.0. The highest BCUT2D eigenvalue weighted by Crippen LogP contribution is 2.62. The number of hydrogen-bond donors (Lipinski definition) is 1. The first-order chi connectivity index (χ1) is 15.8. The van der Waals surface area contributed by atoms with Gasteiger partial charge in [0.05, 0.1) is 12.8 Å². The molecule has 3 nitrogen and oxygen atoms in total. The zero-order chi connectivity index (χ0) is 28.9. The second kappa shape index (κ2) is 9.04. The van der Waals surface area contributed by atoms with Crippen LogP contribution in [-0.2, 0) is 4.79 Å². The number of alkyl halides is 16. The Bertz CT molecular complexity index is 975. The number of carbonyl (C=O) groups excluding carboxylic acids is 1. The molecule has 1 aromatic carbocycles. The van der Waals surface area contributed by atoms with Crippen LogP contribution in [0.2, 0.25) is 0 Å². The van der Waals surface area contributed by atoms with Gasteiger partial charge >= 0.3 is 53.8 Å². The number of carbonyl (C=O) groups is 1. The van der Waals surface area contributed by atoms with Gasteiger partial charge in [-0.25, -0.2) is 8.78 Å². The number of benzene rings is 1. The van der Waals surface area contributed by atoms with E-state index in [2.05, 4.69) is 4.74 Å². The fourth-order valence-electron chi connectivity index (χ4n) is 2.40. The second-order valence-corrected chi connectivity index (χ2v) is 7.03. The summed E-state index contributed by atoms with van der Waals surface area (Å²) in [4.78, 5) is 11.6. The quantitative estimate of drug-likeness (QED) is 0.323. The summed E-state index contributed by atoms with van der Waals surface area (Å²) < 4.78 is 218. The lowest BCUT2D eigenvalue weighted by Crippen LogP contribution is -2.74. The lowest BCUT2D eigenvalue weighted by Gasteiger charge is -2.42. The summed E-state index contributed by atoms with van der Waals surface area (Å²) in [5.41, 5.74) is -0.902. The minimum absolute atomic E-state index is 0.0693. The van der Waals surface area contributed by atoms with Gasteiger partial charge in [-0.1, -0.05) is 6.07 Å². The molecule has 0 saturated carbocycles. The molecule has 1 N–H and O–H groups in total. The number of ether oxygens (including phenoxy) is 1. The molecular weight excluding hydrogens is 554 g/mol. The third-order valence-electron chi connectivity index (χ3n) is 4.55. The van der Waals surface area contributed by atoms with Crippen molar-refractivity contribution < 1.29 is 79.8 Å². The molecule has 0 atom stereocenters. The van der Waals surface area contributed by atoms with E-state index in [1.807, 2.05) is 0 Å². The number of halogens is 16. The second-order valence-electron chi connectivity index (χ2n) is 7.03. The van der Waals surface area contributed by atoms with Gasteiger partial charge in [-0.2, -0.15) is 61.5 Å². The average molecular weight is 565 g/mol.